The van der Waals surface area contributed by atoms with Crippen molar-refractivity contribution in [1.82, 2.24) is 4.90 Å². The molecule has 1 aromatic carbocycles. The van der Waals surface area contributed by atoms with Gasteiger partial charge in [-0.25, -0.2) is 0 Å². The Kier molecular flexibility index (Phi) is 4.61. The zero-order valence-electron chi connectivity index (χ0n) is 11.2. The van der Waals surface area contributed by atoms with Gasteiger partial charge in [-0.2, -0.15) is 0 Å². The van der Waals surface area contributed by atoms with Crippen molar-refractivity contribution in [2.75, 3.05) is 13.6 Å². The molecule has 1 aliphatic carbocycles. The van der Waals surface area contributed by atoms with Crippen molar-refractivity contribution < 1.29 is 0 Å². The Labute approximate surface area is 106 Å². The molecule has 1 nitrogen and oxygen atoms in total. The second-order valence-corrected chi connectivity index (χ2v) is 5.81. The van der Waals surface area contributed by atoms with Gasteiger partial charge in [-0.05, 0) is 37.3 Å². The van der Waals surface area contributed by atoms with E-state index in [2.05, 4.69) is 49.2 Å². The van der Waals surface area contributed by atoms with Crippen LogP contribution in [0.4, 0.5) is 0 Å². The van der Waals surface area contributed by atoms with Crippen LogP contribution in [0.5, 0.6) is 0 Å². The van der Waals surface area contributed by atoms with E-state index in [9.17, 15) is 0 Å². The Bertz CT molecular complexity index is 312. The van der Waals surface area contributed by atoms with E-state index in [-0.39, 0.29) is 0 Å². The van der Waals surface area contributed by atoms with Gasteiger partial charge in [0.2, 0.25) is 0 Å². The first kappa shape index (κ1) is 12.6. The van der Waals surface area contributed by atoms with E-state index in [4.69, 9.17) is 0 Å². The highest BCUT2D eigenvalue weighted by atomic mass is 15.1. The smallest absolute Gasteiger partial charge is 0.0230 e. The predicted octanol–water partition coefficient (Wildman–Crippen LogP) is 3.94. The molecule has 0 saturated heterocycles. The molecular weight excluding hydrogens is 206 g/mol. The average molecular weight is 231 g/mol. The topological polar surface area (TPSA) is 3.24 Å². The van der Waals surface area contributed by atoms with Crippen LogP contribution in [0.15, 0.2) is 30.3 Å². The summed E-state index contributed by atoms with van der Waals surface area (Å²) < 4.78 is 0. The third kappa shape index (κ3) is 4.16. The van der Waals surface area contributed by atoms with Crippen LogP contribution < -0.4 is 0 Å². The molecular formula is C16H25N. The van der Waals surface area contributed by atoms with Crippen molar-refractivity contribution in [2.45, 2.75) is 39.2 Å². The second-order valence-electron chi connectivity index (χ2n) is 5.81. The van der Waals surface area contributed by atoms with Crippen LogP contribution in [0, 0.1) is 11.8 Å². The average Bonchev–Trinajstić information content (AvgIpc) is 2.33. The Morgan fingerprint density at radius 2 is 1.71 bits per heavy atom. The molecule has 1 heteroatoms. The number of hydrogen-bond acceptors (Lipinski definition) is 1. The minimum atomic E-state index is 0.930. The lowest BCUT2D eigenvalue weighted by Crippen LogP contribution is -2.27. The highest BCUT2D eigenvalue weighted by Gasteiger charge is 2.19. The van der Waals surface area contributed by atoms with Crippen LogP contribution in [0.2, 0.25) is 0 Å². The van der Waals surface area contributed by atoms with Gasteiger partial charge in [0.15, 0.2) is 0 Å². The van der Waals surface area contributed by atoms with Crippen LogP contribution in [-0.4, -0.2) is 18.5 Å². The van der Waals surface area contributed by atoms with Gasteiger partial charge >= 0.3 is 0 Å². The Balaban J connectivity index is 1.76. The molecule has 0 radical (unpaired) electrons. The lowest BCUT2D eigenvalue weighted by molar-refractivity contribution is 0.205. The van der Waals surface area contributed by atoms with Gasteiger partial charge in [0.1, 0.15) is 0 Å². The first-order valence-electron chi connectivity index (χ1n) is 6.96. The molecule has 0 amide bonds. The lowest BCUT2D eigenvalue weighted by Gasteiger charge is -2.29. The van der Waals surface area contributed by atoms with Gasteiger partial charge in [0.25, 0.3) is 0 Å². The van der Waals surface area contributed by atoms with Crippen LogP contribution >= 0.6 is 0 Å². The summed E-state index contributed by atoms with van der Waals surface area (Å²) in [7, 11) is 2.25. The molecule has 0 N–H and O–H groups in total. The first-order chi connectivity index (χ1) is 8.24. The standard InChI is InChI=1S/C16H25N/c1-14-8-10-16(11-9-14)13-17(2)12-15-6-4-3-5-7-15/h3-7,14,16H,8-13H2,1-2H3/t14-,16-. The van der Waals surface area contributed by atoms with E-state index in [0.29, 0.717) is 0 Å². The molecule has 1 fully saturated rings. The maximum Gasteiger partial charge on any atom is 0.0230 e. The van der Waals surface area contributed by atoms with Crippen molar-refractivity contribution in [3.05, 3.63) is 35.9 Å². The largest absolute Gasteiger partial charge is 0.302 e. The number of rotatable bonds is 4. The normalized spacial score (nSPS) is 25.1. The highest BCUT2D eigenvalue weighted by molar-refractivity contribution is 5.14. The predicted molar refractivity (Wildman–Crippen MR) is 73.9 cm³/mol. The van der Waals surface area contributed by atoms with Gasteiger partial charge in [0, 0.05) is 13.1 Å². The lowest BCUT2D eigenvalue weighted by atomic mass is 9.83. The maximum atomic E-state index is 2.48. The number of nitrogens with zero attached hydrogens (tertiary/aromatic N) is 1. The summed E-state index contributed by atoms with van der Waals surface area (Å²) in [6.45, 7) is 4.75. The summed E-state index contributed by atoms with van der Waals surface area (Å²) in [6, 6.07) is 10.8. The van der Waals surface area contributed by atoms with Crippen LogP contribution in [0.1, 0.15) is 38.2 Å². The minimum Gasteiger partial charge on any atom is -0.302 e. The molecule has 1 aliphatic rings. The molecule has 1 aromatic rings. The fourth-order valence-electron chi connectivity index (χ4n) is 2.91. The van der Waals surface area contributed by atoms with Crippen molar-refractivity contribution in [3.8, 4) is 0 Å². The first-order valence-corrected chi connectivity index (χ1v) is 6.96. The molecule has 0 atom stereocenters. The van der Waals surface area contributed by atoms with E-state index >= 15 is 0 Å². The third-order valence-electron chi connectivity index (χ3n) is 4.00. The molecule has 0 aliphatic heterocycles. The van der Waals surface area contributed by atoms with E-state index < -0.39 is 0 Å². The van der Waals surface area contributed by atoms with E-state index in [1.807, 2.05) is 0 Å². The van der Waals surface area contributed by atoms with Crippen LogP contribution in [0.3, 0.4) is 0 Å². The summed E-state index contributed by atoms with van der Waals surface area (Å²) in [5.74, 6) is 1.89. The minimum absolute atomic E-state index is 0.930. The fraction of sp³-hybridized carbons (Fsp3) is 0.625. The van der Waals surface area contributed by atoms with Crippen molar-refractivity contribution >= 4 is 0 Å². The molecule has 0 aromatic heterocycles. The summed E-state index contributed by atoms with van der Waals surface area (Å²) in [5, 5.41) is 0. The SMILES string of the molecule is CN(Cc1ccccc1)C[C@H]1CC[C@H](C)CC1. The zero-order valence-corrected chi connectivity index (χ0v) is 11.2. The number of benzene rings is 1. The molecule has 1 saturated carbocycles. The molecule has 0 heterocycles. The van der Waals surface area contributed by atoms with E-state index in [1.54, 1.807) is 0 Å². The Morgan fingerprint density at radius 1 is 1.06 bits per heavy atom. The van der Waals surface area contributed by atoms with Gasteiger partial charge in [-0.15, -0.1) is 0 Å². The molecule has 94 valence electrons. The van der Waals surface area contributed by atoms with Crippen LogP contribution in [0.25, 0.3) is 0 Å². The summed E-state index contributed by atoms with van der Waals surface area (Å²) in [5.41, 5.74) is 1.43. The summed E-state index contributed by atoms with van der Waals surface area (Å²) >= 11 is 0. The second kappa shape index (κ2) is 6.20. The molecule has 0 spiro atoms. The highest BCUT2D eigenvalue weighted by Crippen LogP contribution is 2.28. The van der Waals surface area contributed by atoms with Gasteiger partial charge in [0.05, 0.1) is 0 Å². The fourth-order valence-corrected chi connectivity index (χ4v) is 2.91. The Morgan fingerprint density at radius 3 is 2.35 bits per heavy atom. The summed E-state index contributed by atoms with van der Waals surface area (Å²) in [4.78, 5) is 2.48. The van der Waals surface area contributed by atoms with Crippen molar-refractivity contribution in [2.24, 2.45) is 11.8 Å². The van der Waals surface area contributed by atoms with Gasteiger partial charge < -0.3 is 4.90 Å². The molecule has 17 heavy (non-hydrogen) atoms. The monoisotopic (exact) mass is 231 g/mol. The van der Waals surface area contributed by atoms with E-state index in [0.717, 1.165) is 18.4 Å². The molecule has 0 unspecified atom stereocenters. The quantitative estimate of drug-likeness (QED) is 0.758. The van der Waals surface area contributed by atoms with Crippen molar-refractivity contribution in [1.29, 1.82) is 0 Å². The molecule has 0 bridgehead atoms. The van der Waals surface area contributed by atoms with E-state index in [1.165, 1.54) is 37.8 Å². The van der Waals surface area contributed by atoms with Gasteiger partial charge in [-0.1, -0.05) is 50.1 Å². The maximum absolute atomic E-state index is 2.48. The zero-order chi connectivity index (χ0) is 12.1. The van der Waals surface area contributed by atoms with Crippen LogP contribution in [-0.2, 0) is 6.54 Å². The third-order valence-corrected chi connectivity index (χ3v) is 4.00. The Hall–Kier alpha value is -0.820. The van der Waals surface area contributed by atoms with Gasteiger partial charge in [-0.3, -0.25) is 0 Å². The summed E-state index contributed by atoms with van der Waals surface area (Å²) in [6.07, 6.45) is 5.73. The number of hydrogen-bond donors (Lipinski definition) is 0. The van der Waals surface area contributed by atoms with Crippen molar-refractivity contribution in [3.63, 3.8) is 0 Å². The molecule has 2 rings (SSSR count).